The molecule has 3 nitrogen and oxygen atoms in total. The van der Waals surface area contributed by atoms with Crippen LogP contribution in [0.2, 0.25) is 10.0 Å². The number of hydrogen-bond donors (Lipinski definition) is 0. The van der Waals surface area contributed by atoms with Crippen LogP contribution in [0.1, 0.15) is 10.4 Å². The van der Waals surface area contributed by atoms with E-state index in [1.54, 1.807) is 48.7 Å². The van der Waals surface area contributed by atoms with Crippen molar-refractivity contribution in [2.45, 2.75) is 0 Å². The average Bonchev–Trinajstić information content (AvgIpc) is 2.51. The largest absolute Gasteiger partial charge is 0.421 e. The Bertz CT molecular complexity index is 833. The van der Waals surface area contributed by atoms with E-state index in [1.165, 1.54) is 0 Å². The Morgan fingerprint density at radius 3 is 2.57 bits per heavy atom. The summed E-state index contributed by atoms with van der Waals surface area (Å²) in [6.07, 6.45) is 1.62. The second-order valence-corrected chi connectivity index (χ2v) is 5.13. The molecular weight excluding hydrogens is 309 g/mol. The van der Waals surface area contributed by atoms with Crippen LogP contribution in [0.3, 0.4) is 0 Å². The molecule has 0 N–H and O–H groups in total. The molecule has 0 radical (unpaired) electrons. The number of benzene rings is 2. The van der Waals surface area contributed by atoms with E-state index in [0.717, 1.165) is 5.39 Å². The average molecular weight is 318 g/mol. The van der Waals surface area contributed by atoms with Crippen molar-refractivity contribution in [2.75, 3.05) is 0 Å². The molecular formula is C16H9Cl2NO2. The Morgan fingerprint density at radius 2 is 1.76 bits per heavy atom. The summed E-state index contributed by atoms with van der Waals surface area (Å²) >= 11 is 12.1. The van der Waals surface area contributed by atoms with Gasteiger partial charge in [0.15, 0.2) is 5.75 Å². The van der Waals surface area contributed by atoms with Gasteiger partial charge in [-0.05, 0) is 36.4 Å². The van der Waals surface area contributed by atoms with Crippen LogP contribution in [0, 0.1) is 0 Å². The smallest absolute Gasteiger partial charge is 0.345 e. The Hall–Kier alpha value is -2.10. The molecule has 2 aromatic carbocycles. The van der Waals surface area contributed by atoms with Gasteiger partial charge in [-0.2, -0.15) is 0 Å². The van der Waals surface area contributed by atoms with Crippen molar-refractivity contribution in [3.63, 3.8) is 0 Å². The first kappa shape index (κ1) is 13.9. The van der Waals surface area contributed by atoms with E-state index in [0.29, 0.717) is 26.9 Å². The minimum atomic E-state index is -0.533. The lowest BCUT2D eigenvalue weighted by atomic mass is 10.2. The Morgan fingerprint density at radius 1 is 0.952 bits per heavy atom. The lowest BCUT2D eigenvalue weighted by Gasteiger charge is -2.08. The molecule has 0 bridgehead atoms. The van der Waals surface area contributed by atoms with Crippen molar-refractivity contribution in [3.8, 4) is 5.75 Å². The molecule has 0 aliphatic heterocycles. The highest BCUT2D eigenvalue weighted by Gasteiger charge is 2.15. The normalized spacial score (nSPS) is 10.6. The fraction of sp³-hybridized carbons (Fsp3) is 0. The van der Waals surface area contributed by atoms with E-state index in [4.69, 9.17) is 27.9 Å². The molecule has 0 amide bonds. The third-order valence-corrected chi connectivity index (χ3v) is 3.64. The third-order valence-electron chi connectivity index (χ3n) is 2.98. The van der Waals surface area contributed by atoms with E-state index < -0.39 is 5.97 Å². The summed E-state index contributed by atoms with van der Waals surface area (Å²) in [5, 5.41) is 1.62. The van der Waals surface area contributed by atoms with Gasteiger partial charge in [0, 0.05) is 11.6 Å². The quantitative estimate of drug-likeness (QED) is 0.505. The molecule has 5 heteroatoms. The second kappa shape index (κ2) is 5.72. The van der Waals surface area contributed by atoms with Gasteiger partial charge >= 0.3 is 5.97 Å². The Balaban J connectivity index is 2.01. The van der Waals surface area contributed by atoms with Gasteiger partial charge in [-0.1, -0.05) is 35.3 Å². The first-order valence-electron chi connectivity index (χ1n) is 6.17. The zero-order valence-corrected chi connectivity index (χ0v) is 12.2. The predicted molar refractivity (Wildman–Crippen MR) is 83.2 cm³/mol. The van der Waals surface area contributed by atoms with Gasteiger partial charge < -0.3 is 4.74 Å². The highest BCUT2D eigenvalue weighted by molar-refractivity contribution is 6.35. The molecule has 1 heterocycles. The molecule has 0 saturated heterocycles. The summed E-state index contributed by atoms with van der Waals surface area (Å²) in [6.45, 7) is 0. The number of carbonyl (C=O) groups excluding carboxylic acids is 1. The minimum Gasteiger partial charge on any atom is -0.421 e. The van der Waals surface area contributed by atoms with Crippen molar-refractivity contribution in [1.82, 2.24) is 4.98 Å². The summed E-state index contributed by atoms with van der Waals surface area (Å²) in [4.78, 5) is 16.4. The number of carbonyl (C=O) groups is 1. The van der Waals surface area contributed by atoms with Gasteiger partial charge in [-0.15, -0.1) is 0 Å². The molecule has 0 saturated carbocycles. The number of aromatic nitrogens is 1. The molecule has 1 aromatic heterocycles. The fourth-order valence-electron chi connectivity index (χ4n) is 1.98. The molecule has 0 aliphatic carbocycles. The van der Waals surface area contributed by atoms with Crippen LogP contribution in [-0.2, 0) is 0 Å². The molecule has 0 unspecified atom stereocenters. The standard InChI is InChI=1S/C16H9Cl2NO2/c17-12-6-2-1-4-11(12)16(20)21-14-8-7-13(18)10-5-3-9-19-15(10)14/h1-9H. The second-order valence-electron chi connectivity index (χ2n) is 4.31. The van der Waals surface area contributed by atoms with E-state index >= 15 is 0 Å². The monoisotopic (exact) mass is 317 g/mol. The van der Waals surface area contributed by atoms with E-state index in [1.807, 2.05) is 6.07 Å². The minimum absolute atomic E-state index is 0.304. The summed E-state index contributed by atoms with van der Waals surface area (Å²) in [7, 11) is 0. The molecule has 0 atom stereocenters. The van der Waals surface area contributed by atoms with Crippen LogP contribution in [0.25, 0.3) is 10.9 Å². The molecule has 0 spiro atoms. The van der Waals surface area contributed by atoms with Crippen LogP contribution >= 0.6 is 23.2 Å². The van der Waals surface area contributed by atoms with Crippen LogP contribution < -0.4 is 4.74 Å². The maximum atomic E-state index is 12.2. The Kier molecular flexibility index (Phi) is 3.78. The lowest BCUT2D eigenvalue weighted by Crippen LogP contribution is -2.09. The highest BCUT2D eigenvalue weighted by atomic mass is 35.5. The maximum absolute atomic E-state index is 12.2. The third kappa shape index (κ3) is 2.71. The molecule has 3 rings (SSSR count). The highest BCUT2D eigenvalue weighted by Crippen LogP contribution is 2.30. The summed E-state index contributed by atoms with van der Waals surface area (Å²) < 4.78 is 5.41. The van der Waals surface area contributed by atoms with E-state index in [-0.39, 0.29) is 0 Å². The summed E-state index contributed by atoms with van der Waals surface area (Å²) in [6, 6.07) is 13.6. The fourth-order valence-corrected chi connectivity index (χ4v) is 2.40. The number of fused-ring (bicyclic) bond motifs is 1. The summed E-state index contributed by atoms with van der Waals surface area (Å²) in [5.41, 5.74) is 0.837. The van der Waals surface area contributed by atoms with Gasteiger partial charge in [0.1, 0.15) is 5.52 Å². The number of nitrogens with zero attached hydrogens (tertiary/aromatic N) is 1. The number of pyridine rings is 1. The van der Waals surface area contributed by atoms with Crippen LogP contribution in [0.4, 0.5) is 0 Å². The lowest BCUT2D eigenvalue weighted by molar-refractivity contribution is 0.0737. The van der Waals surface area contributed by atoms with Gasteiger partial charge in [-0.3, -0.25) is 4.98 Å². The topological polar surface area (TPSA) is 39.2 Å². The van der Waals surface area contributed by atoms with Crippen molar-refractivity contribution in [3.05, 3.63) is 70.3 Å². The van der Waals surface area contributed by atoms with Gasteiger partial charge in [0.05, 0.1) is 15.6 Å². The zero-order valence-electron chi connectivity index (χ0n) is 10.7. The molecule has 104 valence electrons. The number of halogens is 2. The number of ether oxygens (including phenoxy) is 1. The number of hydrogen-bond acceptors (Lipinski definition) is 3. The number of esters is 1. The van der Waals surface area contributed by atoms with E-state index in [9.17, 15) is 4.79 Å². The van der Waals surface area contributed by atoms with Crippen LogP contribution in [0.15, 0.2) is 54.7 Å². The molecule has 3 aromatic rings. The van der Waals surface area contributed by atoms with Crippen molar-refractivity contribution < 1.29 is 9.53 Å². The van der Waals surface area contributed by atoms with Gasteiger partial charge in [-0.25, -0.2) is 4.79 Å². The van der Waals surface area contributed by atoms with Crippen molar-refractivity contribution >= 4 is 40.1 Å². The maximum Gasteiger partial charge on any atom is 0.345 e. The van der Waals surface area contributed by atoms with Gasteiger partial charge in [0.2, 0.25) is 0 Å². The van der Waals surface area contributed by atoms with Gasteiger partial charge in [0.25, 0.3) is 0 Å². The number of rotatable bonds is 2. The molecule has 0 fully saturated rings. The first-order chi connectivity index (χ1) is 10.2. The predicted octanol–water partition coefficient (Wildman–Crippen LogP) is 4.76. The van der Waals surface area contributed by atoms with E-state index in [2.05, 4.69) is 4.98 Å². The summed E-state index contributed by atoms with van der Waals surface area (Å²) in [5.74, 6) is -0.185. The molecule has 21 heavy (non-hydrogen) atoms. The van der Waals surface area contributed by atoms with Crippen LogP contribution in [0.5, 0.6) is 5.75 Å². The van der Waals surface area contributed by atoms with Crippen LogP contribution in [-0.4, -0.2) is 11.0 Å². The zero-order chi connectivity index (χ0) is 14.8. The SMILES string of the molecule is O=C(Oc1ccc(Cl)c2cccnc12)c1ccccc1Cl. The van der Waals surface area contributed by atoms with Crippen molar-refractivity contribution in [2.24, 2.45) is 0 Å². The first-order valence-corrected chi connectivity index (χ1v) is 6.92. The Labute approximate surface area is 131 Å². The molecule has 0 aliphatic rings. The van der Waals surface area contributed by atoms with Crippen molar-refractivity contribution in [1.29, 1.82) is 0 Å².